The van der Waals surface area contributed by atoms with Gasteiger partial charge in [0.25, 0.3) is 0 Å². The number of ether oxygens (including phenoxy) is 1. The van der Waals surface area contributed by atoms with Crippen molar-refractivity contribution < 1.29 is 9.53 Å². The minimum absolute atomic E-state index is 0.234. The van der Waals surface area contributed by atoms with Gasteiger partial charge in [0.1, 0.15) is 0 Å². The number of piperidine rings is 1. The number of nitrogens with zero attached hydrogens (tertiary/aromatic N) is 1. The highest BCUT2D eigenvalue weighted by Gasteiger charge is 2.20. The first-order valence-corrected chi connectivity index (χ1v) is 5.80. The normalized spacial score (nSPS) is 18.1. The molecule has 0 spiro atoms. The van der Waals surface area contributed by atoms with Gasteiger partial charge >= 0.3 is 0 Å². The van der Waals surface area contributed by atoms with Crippen molar-refractivity contribution in [1.29, 1.82) is 0 Å². The van der Waals surface area contributed by atoms with Crippen LogP contribution in [-0.2, 0) is 9.53 Å². The minimum atomic E-state index is 0.234. The molecule has 0 aromatic rings. The lowest BCUT2D eigenvalue weighted by Gasteiger charge is -2.31. The molecule has 1 saturated heterocycles. The Balaban J connectivity index is 2.18. The molecule has 1 rings (SSSR count). The summed E-state index contributed by atoms with van der Waals surface area (Å²) in [7, 11) is 1.98. The average molecular weight is 214 g/mol. The standard InChI is InChI=1S/C11H22N2O2/c1-3-15-9-6-11(14)13-7-4-10(12-2)5-8-13/h10,12H,3-9H2,1-2H3. The molecule has 1 amide bonds. The van der Waals surface area contributed by atoms with E-state index in [0.29, 0.717) is 25.7 Å². The molecule has 0 bridgehead atoms. The quantitative estimate of drug-likeness (QED) is 0.682. The summed E-state index contributed by atoms with van der Waals surface area (Å²) in [5.74, 6) is 0.234. The van der Waals surface area contributed by atoms with Crippen LogP contribution in [0.3, 0.4) is 0 Å². The van der Waals surface area contributed by atoms with E-state index in [0.717, 1.165) is 25.9 Å². The lowest BCUT2D eigenvalue weighted by molar-refractivity contribution is -0.133. The summed E-state index contributed by atoms with van der Waals surface area (Å²) in [5, 5.41) is 3.25. The van der Waals surface area contributed by atoms with Gasteiger partial charge in [-0.3, -0.25) is 4.79 Å². The molecule has 1 fully saturated rings. The summed E-state index contributed by atoms with van der Waals surface area (Å²) in [6.45, 7) is 4.96. The zero-order valence-corrected chi connectivity index (χ0v) is 9.79. The Hall–Kier alpha value is -0.610. The van der Waals surface area contributed by atoms with Crippen molar-refractivity contribution in [2.24, 2.45) is 0 Å². The van der Waals surface area contributed by atoms with Crippen LogP contribution in [0, 0.1) is 0 Å². The molecule has 1 heterocycles. The molecule has 0 atom stereocenters. The van der Waals surface area contributed by atoms with Crippen LogP contribution in [0.2, 0.25) is 0 Å². The fourth-order valence-electron chi connectivity index (χ4n) is 1.88. The van der Waals surface area contributed by atoms with Crippen molar-refractivity contribution in [1.82, 2.24) is 10.2 Å². The van der Waals surface area contributed by atoms with Crippen LogP contribution in [0.5, 0.6) is 0 Å². The maximum absolute atomic E-state index is 11.7. The number of carbonyl (C=O) groups excluding carboxylic acids is 1. The summed E-state index contributed by atoms with van der Waals surface area (Å²) in [4.78, 5) is 13.6. The van der Waals surface area contributed by atoms with Crippen molar-refractivity contribution in [3.63, 3.8) is 0 Å². The van der Waals surface area contributed by atoms with Gasteiger partial charge in [0.2, 0.25) is 5.91 Å². The van der Waals surface area contributed by atoms with E-state index in [1.54, 1.807) is 0 Å². The zero-order chi connectivity index (χ0) is 11.1. The number of likely N-dealkylation sites (tertiary alicyclic amines) is 1. The lowest BCUT2D eigenvalue weighted by Crippen LogP contribution is -2.44. The van der Waals surface area contributed by atoms with Gasteiger partial charge in [0, 0.05) is 25.7 Å². The highest BCUT2D eigenvalue weighted by atomic mass is 16.5. The second-order valence-electron chi connectivity index (χ2n) is 3.89. The Morgan fingerprint density at radius 1 is 1.47 bits per heavy atom. The smallest absolute Gasteiger partial charge is 0.224 e. The van der Waals surface area contributed by atoms with Crippen LogP contribution >= 0.6 is 0 Å². The molecular formula is C11H22N2O2. The molecule has 0 radical (unpaired) electrons. The summed E-state index contributed by atoms with van der Waals surface area (Å²) in [6.07, 6.45) is 2.66. The molecule has 0 saturated carbocycles. The first-order valence-electron chi connectivity index (χ1n) is 5.80. The Bertz CT molecular complexity index is 189. The maximum Gasteiger partial charge on any atom is 0.224 e. The largest absolute Gasteiger partial charge is 0.381 e. The molecular weight excluding hydrogens is 192 g/mol. The molecule has 1 aliphatic heterocycles. The third-order valence-electron chi connectivity index (χ3n) is 2.92. The van der Waals surface area contributed by atoms with Gasteiger partial charge in [-0.05, 0) is 26.8 Å². The van der Waals surface area contributed by atoms with Crippen molar-refractivity contribution in [2.45, 2.75) is 32.2 Å². The van der Waals surface area contributed by atoms with Gasteiger partial charge in [-0.2, -0.15) is 0 Å². The molecule has 0 aliphatic carbocycles. The molecule has 0 aromatic carbocycles. The summed E-state index contributed by atoms with van der Waals surface area (Å²) in [6, 6.07) is 0.584. The first kappa shape index (κ1) is 12.5. The molecule has 15 heavy (non-hydrogen) atoms. The van der Waals surface area contributed by atoms with Gasteiger partial charge in [0.15, 0.2) is 0 Å². The predicted molar refractivity (Wildman–Crippen MR) is 59.8 cm³/mol. The highest BCUT2D eigenvalue weighted by Crippen LogP contribution is 2.10. The molecule has 1 aliphatic rings. The van der Waals surface area contributed by atoms with Crippen molar-refractivity contribution in [2.75, 3.05) is 33.4 Å². The van der Waals surface area contributed by atoms with Crippen molar-refractivity contribution in [3.05, 3.63) is 0 Å². The van der Waals surface area contributed by atoms with E-state index in [9.17, 15) is 4.79 Å². The van der Waals surface area contributed by atoms with Crippen LogP contribution in [0.4, 0.5) is 0 Å². The topological polar surface area (TPSA) is 41.6 Å². The number of hydrogen-bond donors (Lipinski definition) is 1. The monoisotopic (exact) mass is 214 g/mol. The highest BCUT2D eigenvalue weighted by molar-refractivity contribution is 5.76. The maximum atomic E-state index is 11.7. The van der Waals surface area contributed by atoms with Crippen molar-refractivity contribution >= 4 is 5.91 Å². The van der Waals surface area contributed by atoms with E-state index >= 15 is 0 Å². The number of amides is 1. The summed E-state index contributed by atoms with van der Waals surface area (Å²) >= 11 is 0. The second-order valence-corrected chi connectivity index (χ2v) is 3.89. The van der Waals surface area contributed by atoms with Gasteiger partial charge in [-0.1, -0.05) is 0 Å². The summed E-state index contributed by atoms with van der Waals surface area (Å²) in [5.41, 5.74) is 0. The van der Waals surface area contributed by atoms with E-state index in [1.807, 2.05) is 18.9 Å². The van der Waals surface area contributed by atoms with Crippen LogP contribution in [0.15, 0.2) is 0 Å². The van der Waals surface area contributed by atoms with Crippen LogP contribution in [0.25, 0.3) is 0 Å². The van der Waals surface area contributed by atoms with E-state index in [2.05, 4.69) is 5.32 Å². The first-order chi connectivity index (χ1) is 7.27. The minimum Gasteiger partial charge on any atom is -0.381 e. The Morgan fingerprint density at radius 2 is 2.13 bits per heavy atom. The van der Waals surface area contributed by atoms with Gasteiger partial charge in [-0.15, -0.1) is 0 Å². The van der Waals surface area contributed by atoms with Crippen LogP contribution in [-0.4, -0.2) is 50.2 Å². The van der Waals surface area contributed by atoms with Crippen molar-refractivity contribution in [3.8, 4) is 0 Å². The number of nitrogens with one attached hydrogen (secondary N) is 1. The van der Waals surface area contributed by atoms with Gasteiger partial charge in [0.05, 0.1) is 13.0 Å². The average Bonchev–Trinajstić information content (AvgIpc) is 2.29. The predicted octanol–water partition coefficient (Wildman–Crippen LogP) is 0.623. The molecule has 4 nitrogen and oxygen atoms in total. The fraction of sp³-hybridized carbons (Fsp3) is 0.909. The number of rotatable bonds is 5. The Kier molecular flexibility index (Phi) is 5.65. The van der Waals surface area contributed by atoms with Gasteiger partial charge in [-0.25, -0.2) is 0 Å². The van der Waals surface area contributed by atoms with E-state index < -0.39 is 0 Å². The number of hydrogen-bond acceptors (Lipinski definition) is 3. The third-order valence-corrected chi connectivity index (χ3v) is 2.92. The van der Waals surface area contributed by atoms with E-state index in [-0.39, 0.29) is 5.91 Å². The zero-order valence-electron chi connectivity index (χ0n) is 9.79. The van der Waals surface area contributed by atoms with E-state index in [1.165, 1.54) is 0 Å². The molecule has 88 valence electrons. The van der Waals surface area contributed by atoms with Crippen LogP contribution < -0.4 is 5.32 Å². The molecule has 1 N–H and O–H groups in total. The Morgan fingerprint density at radius 3 is 2.67 bits per heavy atom. The third kappa shape index (κ3) is 4.18. The Labute approximate surface area is 92.0 Å². The SMILES string of the molecule is CCOCCC(=O)N1CCC(NC)CC1. The lowest BCUT2D eigenvalue weighted by atomic mass is 10.1. The second kappa shape index (κ2) is 6.80. The fourth-order valence-corrected chi connectivity index (χ4v) is 1.88. The number of carbonyl (C=O) groups is 1. The van der Waals surface area contributed by atoms with E-state index in [4.69, 9.17) is 4.74 Å². The molecule has 4 heteroatoms. The van der Waals surface area contributed by atoms with Gasteiger partial charge < -0.3 is 15.0 Å². The van der Waals surface area contributed by atoms with Crippen LogP contribution in [0.1, 0.15) is 26.2 Å². The molecule has 0 aromatic heterocycles. The summed E-state index contributed by atoms with van der Waals surface area (Å²) < 4.78 is 5.18. The molecule has 0 unspecified atom stereocenters.